The number of rotatable bonds is 14. The lowest BCUT2D eigenvalue weighted by Crippen LogP contribution is -2.56. The zero-order chi connectivity index (χ0) is 25.8. The Morgan fingerprint density at radius 2 is 1.86 bits per heavy atom. The van der Waals surface area contributed by atoms with E-state index in [-0.39, 0.29) is 31.6 Å². The van der Waals surface area contributed by atoms with Crippen molar-refractivity contribution in [2.45, 2.75) is 45.3 Å². The number of halogens is 1. The highest BCUT2D eigenvalue weighted by atomic mass is 19.1. The van der Waals surface area contributed by atoms with E-state index in [0.29, 0.717) is 11.6 Å². The molecule has 1 aromatic heterocycles. The average molecular weight is 490 g/mol. The Morgan fingerprint density at radius 3 is 2.49 bits per heavy atom. The van der Waals surface area contributed by atoms with E-state index in [1.165, 1.54) is 12.1 Å². The third kappa shape index (κ3) is 8.14. The van der Waals surface area contributed by atoms with Gasteiger partial charge in [0, 0.05) is 25.6 Å². The molecule has 10 nitrogen and oxygen atoms in total. The molecule has 188 valence electrons. The van der Waals surface area contributed by atoms with E-state index in [9.17, 15) is 33.5 Å². The molecule has 1 heterocycles. The number of carbonyl (C=O) groups is 4. The fourth-order valence-electron chi connectivity index (χ4n) is 3.23. The number of anilines is 1. The third-order valence-corrected chi connectivity index (χ3v) is 4.97. The van der Waals surface area contributed by atoms with Crippen molar-refractivity contribution in [1.82, 2.24) is 4.68 Å². The second kappa shape index (κ2) is 13.8. The van der Waals surface area contributed by atoms with Gasteiger partial charge in [-0.3, -0.25) is 24.0 Å². The van der Waals surface area contributed by atoms with Gasteiger partial charge in [-0.05, 0) is 24.1 Å². The molecular formula is C24H28FN3O7. The summed E-state index contributed by atoms with van der Waals surface area (Å²) in [5, 5.41) is 12.3. The van der Waals surface area contributed by atoms with Crippen molar-refractivity contribution < 1.29 is 33.4 Å². The predicted octanol–water partition coefficient (Wildman–Crippen LogP) is 2.04. The molecule has 0 aliphatic heterocycles. The molecule has 0 saturated carbocycles. The number of carboxylic acids is 1. The van der Waals surface area contributed by atoms with Gasteiger partial charge < -0.3 is 15.2 Å². The molecular weight excluding hydrogens is 461 g/mol. The van der Waals surface area contributed by atoms with Gasteiger partial charge in [-0.1, -0.05) is 37.3 Å². The highest BCUT2D eigenvalue weighted by molar-refractivity contribution is 5.98. The lowest BCUT2D eigenvalue weighted by Gasteiger charge is -2.31. The van der Waals surface area contributed by atoms with Crippen LogP contribution in [0.25, 0.3) is 0 Å². The number of Topliss-reactive ketones (excluding diaryl/α,β-unsaturated/α-hetero) is 1. The van der Waals surface area contributed by atoms with Crippen LogP contribution in [0.1, 0.15) is 38.2 Å². The average Bonchev–Trinajstić information content (AvgIpc) is 2.85. The standard InChI is InChI=1S/C24H28FN3O7/c1-2-21(30)26-18-10-6-12-27(24(18)34)28(19(14-23(32)33)20(29)15-25)22(31)11-7-13-35-16-17-8-4-3-5-9-17/h3-6,8-10,12,19H,2,7,11,13-16H2,1H3,(H,26,30)(H,32,33)/t19-/m1/s1. The highest BCUT2D eigenvalue weighted by Gasteiger charge is 2.34. The summed E-state index contributed by atoms with van der Waals surface area (Å²) < 4.78 is 19.6. The van der Waals surface area contributed by atoms with Crippen LogP contribution in [-0.4, -0.2) is 52.7 Å². The van der Waals surface area contributed by atoms with Gasteiger partial charge in [-0.15, -0.1) is 0 Å². The van der Waals surface area contributed by atoms with Gasteiger partial charge in [-0.25, -0.2) is 14.1 Å². The molecule has 0 unspecified atom stereocenters. The number of ketones is 1. The number of hydrogen-bond donors (Lipinski definition) is 2. The minimum atomic E-state index is -1.76. The summed E-state index contributed by atoms with van der Waals surface area (Å²) in [6.45, 7) is 0.550. The van der Waals surface area contributed by atoms with Crippen LogP contribution in [0.2, 0.25) is 0 Å². The summed E-state index contributed by atoms with van der Waals surface area (Å²) in [6.07, 6.45) is 0.322. The first-order valence-corrected chi connectivity index (χ1v) is 11.0. The molecule has 2 rings (SSSR count). The van der Waals surface area contributed by atoms with E-state index in [1.807, 2.05) is 30.3 Å². The summed E-state index contributed by atoms with van der Waals surface area (Å²) in [6, 6.07) is 10.2. The summed E-state index contributed by atoms with van der Waals surface area (Å²) in [5.41, 5.74) is -0.108. The van der Waals surface area contributed by atoms with Crippen molar-refractivity contribution >= 4 is 29.3 Å². The quantitative estimate of drug-likeness (QED) is 0.388. The number of carboxylic acid groups (broad SMARTS) is 1. The van der Waals surface area contributed by atoms with Crippen molar-refractivity contribution in [3.05, 3.63) is 64.6 Å². The zero-order valence-corrected chi connectivity index (χ0v) is 19.3. The summed E-state index contributed by atoms with van der Waals surface area (Å²) in [7, 11) is 0. The number of aromatic nitrogens is 1. The van der Waals surface area contributed by atoms with Crippen molar-refractivity contribution in [3.63, 3.8) is 0 Å². The Labute approximate surface area is 201 Å². The van der Waals surface area contributed by atoms with Gasteiger partial charge >= 0.3 is 5.97 Å². The number of nitrogens with zero attached hydrogens (tertiary/aromatic N) is 2. The van der Waals surface area contributed by atoms with Gasteiger partial charge in [-0.2, -0.15) is 0 Å². The third-order valence-electron chi connectivity index (χ3n) is 4.97. The molecule has 0 aliphatic rings. The van der Waals surface area contributed by atoms with Gasteiger partial charge in [0.05, 0.1) is 13.0 Å². The maximum Gasteiger partial charge on any atom is 0.305 e. The molecule has 1 atom stereocenters. The zero-order valence-electron chi connectivity index (χ0n) is 19.3. The summed E-state index contributed by atoms with van der Waals surface area (Å²) in [4.78, 5) is 61.5. The SMILES string of the molecule is CCC(=O)Nc1cccn(N(C(=O)CCCOCc2ccccc2)[C@H](CC(=O)O)C(=O)CF)c1=O. The Kier molecular flexibility index (Phi) is 10.8. The molecule has 1 aromatic carbocycles. The molecule has 0 saturated heterocycles. The van der Waals surface area contributed by atoms with Gasteiger partial charge in [0.1, 0.15) is 18.4 Å². The number of aliphatic carboxylic acids is 1. The van der Waals surface area contributed by atoms with Crippen molar-refractivity contribution in [3.8, 4) is 0 Å². The Morgan fingerprint density at radius 1 is 1.14 bits per heavy atom. The second-order valence-corrected chi connectivity index (χ2v) is 7.57. The van der Waals surface area contributed by atoms with Crippen LogP contribution in [0.4, 0.5) is 10.1 Å². The number of hydrogen-bond acceptors (Lipinski definition) is 6. The Balaban J connectivity index is 2.26. The monoisotopic (exact) mass is 489 g/mol. The first kappa shape index (κ1) is 27.4. The van der Waals surface area contributed by atoms with Gasteiger partial charge in [0.2, 0.25) is 11.8 Å². The maximum absolute atomic E-state index is 13.3. The topological polar surface area (TPSA) is 135 Å². The molecule has 35 heavy (non-hydrogen) atoms. The highest BCUT2D eigenvalue weighted by Crippen LogP contribution is 2.11. The lowest BCUT2D eigenvalue weighted by molar-refractivity contribution is -0.140. The van der Waals surface area contributed by atoms with Crippen molar-refractivity contribution in [2.24, 2.45) is 0 Å². The van der Waals surface area contributed by atoms with E-state index >= 15 is 0 Å². The predicted molar refractivity (Wildman–Crippen MR) is 125 cm³/mol. The van der Waals surface area contributed by atoms with Crippen LogP contribution in [0.15, 0.2) is 53.5 Å². The Hall–Kier alpha value is -3.86. The fourth-order valence-corrected chi connectivity index (χ4v) is 3.23. The summed E-state index contributed by atoms with van der Waals surface area (Å²) in [5.74, 6) is -3.86. The number of amides is 2. The van der Waals surface area contributed by atoms with Crippen molar-refractivity contribution in [1.29, 1.82) is 0 Å². The molecule has 0 radical (unpaired) electrons. The molecule has 0 bridgehead atoms. The smallest absolute Gasteiger partial charge is 0.305 e. The van der Waals surface area contributed by atoms with E-state index < -0.39 is 48.3 Å². The van der Waals surface area contributed by atoms with E-state index in [0.717, 1.165) is 16.4 Å². The number of carbonyl (C=O) groups excluding carboxylic acids is 3. The van der Waals surface area contributed by atoms with Crippen LogP contribution in [0, 0.1) is 0 Å². The lowest BCUT2D eigenvalue weighted by atomic mass is 10.1. The first-order valence-electron chi connectivity index (χ1n) is 11.0. The molecule has 11 heteroatoms. The summed E-state index contributed by atoms with van der Waals surface area (Å²) >= 11 is 0. The molecule has 0 fully saturated rings. The van der Waals surface area contributed by atoms with Crippen LogP contribution in [-0.2, 0) is 30.5 Å². The molecule has 0 spiro atoms. The normalized spacial score (nSPS) is 11.5. The molecule has 2 N–H and O–H groups in total. The van der Waals surface area contributed by atoms with E-state index in [4.69, 9.17) is 4.74 Å². The molecule has 2 aromatic rings. The Bertz CT molecular complexity index is 1090. The molecule has 0 aliphatic carbocycles. The van der Waals surface area contributed by atoms with Crippen LogP contribution in [0.5, 0.6) is 0 Å². The number of nitrogens with one attached hydrogen (secondary N) is 1. The fraction of sp³-hybridized carbons (Fsp3) is 0.375. The van der Waals surface area contributed by atoms with Gasteiger partial charge in [0.15, 0.2) is 5.78 Å². The van der Waals surface area contributed by atoms with Crippen LogP contribution in [0.3, 0.4) is 0 Å². The number of alkyl halides is 1. The minimum Gasteiger partial charge on any atom is -0.481 e. The van der Waals surface area contributed by atoms with Crippen LogP contribution >= 0.6 is 0 Å². The van der Waals surface area contributed by atoms with E-state index in [1.54, 1.807) is 6.92 Å². The van der Waals surface area contributed by atoms with Gasteiger partial charge in [0.25, 0.3) is 5.56 Å². The first-order chi connectivity index (χ1) is 16.8. The van der Waals surface area contributed by atoms with Crippen molar-refractivity contribution in [2.75, 3.05) is 23.6 Å². The van der Waals surface area contributed by atoms with E-state index in [2.05, 4.69) is 5.32 Å². The van der Waals surface area contributed by atoms with Crippen LogP contribution < -0.4 is 15.9 Å². The minimum absolute atomic E-state index is 0.0853. The maximum atomic E-state index is 13.3. The number of ether oxygens (including phenoxy) is 1. The largest absolute Gasteiger partial charge is 0.481 e. The second-order valence-electron chi connectivity index (χ2n) is 7.57. The number of pyridine rings is 1. The molecule has 2 amide bonds. The number of benzene rings is 1.